The molecule has 1 aliphatic heterocycles. The summed E-state index contributed by atoms with van der Waals surface area (Å²) in [4.78, 5) is 2.39. The first kappa shape index (κ1) is 14.6. The number of benzene rings is 2. The Hall–Kier alpha value is -1.32. The quantitative estimate of drug-likeness (QED) is 0.829. The van der Waals surface area contributed by atoms with Crippen LogP contribution in [0.15, 0.2) is 46.9 Å². The topological polar surface area (TPSA) is 23.5 Å². The molecule has 2 aromatic carbocycles. The van der Waals surface area contributed by atoms with Crippen LogP contribution in [-0.4, -0.2) is 11.7 Å². The Kier molecular flexibility index (Phi) is 4.32. The van der Waals surface area contributed by atoms with E-state index < -0.39 is 6.10 Å². The van der Waals surface area contributed by atoms with Crippen molar-refractivity contribution in [1.29, 1.82) is 0 Å². The Morgan fingerprint density at radius 3 is 2.71 bits per heavy atom. The molecule has 0 aliphatic carbocycles. The molecule has 0 radical (unpaired) electrons. The van der Waals surface area contributed by atoms with E-state index in [2.05, 4.69) is 57.2 Å². The molecule has 0 fully saturated rings. The Morgan fingerprint density at radius 1 is 1.14 bits per heavy atom. The van der Waals surface area contributed by atoms with Gasteiger partial charge in [-0.3, -0.25) is 0 Å². The van der Waals surface area contributed by atoms with Crippen molar-refractivity contribution in [1.82, 2.24) is 0 Å². The molecule has 0 spiro atoms. The first-order chi connectivity index (χ1) is 10.2. The lowest BCUT2D eigenvalue weighted by Crippen LogP contribution is -2.18. The summed E-state index contributed by atoms with van der Waals surface area (Å²) in [5, 5.41) is 9.76. The molecule has 0 saturated carbocycles. The Bertz CT molecular complexity index is 639. The molecule has 2 aromatic rings. The molecule has 0 aromatic heterocycles. The minimum Gasteiger partial charge on any atom is -0.389 e. The van der Waals surface area contributed by atoms with Crippen LogP contribution in [0.3, 0.4) is 0 Å². The molecule has 3 heteroatoms. The maximum absolute atomic E-state index is 9.76. The highest BCUT2D eigenvalue weighted by Gasteiger charge is 2.17. The van der Waals surface area contributed by atoms with Crippen LogP contribution in [0.5, 0.6) is 0 Å². The minimum absolute atomic E-state index is 0.454. The molecule has 110 valence electrons. The van der Waals surface area contributed by atoms with Crippen molar-refractivity contribution in [2.75, 3.05) is 11.4 Å². The smallest absolute Gasteiger partial charge is 0.0772 e. The summed E-state index contributed by atoms with van der Waals surface area (Å²) >= 11 is 3.59. The largest absolute Gasteiger partial charge is 0.389 e. The number of hydrogen-bond donors (Lipinski definition) is 1. The zero-order valence-corrected chi connectivity index (χ0v) is 13.8. The fraction of sp³-hybridized carbons (Fsp3) is 0.333. The first-order valence-electron chi connectivity index (χ1n) is 7.50. The second-order valence-corrected chi connectivity index (χ2v) is 6.47. The van der Waals surface area contributed by atoms with E-state index in [1.807, 2.05) is 6.07 Å². The molecule has 1 N–H and O–H groups in total. The molecule has 1 atom stereocenters. The van der Waals surface area contributed by atoms with Gasteiger partial charge in [-0.1, -0.05) is 40.2 Å². The molecular weight excluding hydrogens is 326 g/mol. The number of aliphatic hydroxyl groups is 1. The fourth-order valence-electron chi connectivity index (χ4n) is 2.98. The highest BCUT2D eigenvalue weighted by Crippen LogP contribution is 2.35. The van der Waals surface area contributed by atoms with Gasteiger partial charge in [0.05, 0.1) is 6.10 Å². The van der Waals surface area contributed by atoms with Crippen LogP contribution < -0.4 is 4.90 Å². The number of anilines is 2. The van der Waals surface area contributed by atoms with Gasteiger partial charge in [-0.15, -0.1) is 0 Å². The van der Waals surface area contributed by atoms with Gasteiger partial charge >= 0.3 is 0 Å². The molecule has 1 heterocycles. The summed E-state index contributed by atoms with van der Waals surface area (Å²) in [5.41, 5.74) is 4.85. The number of rotatable bonds is 2. The minimum atomic E-state index is -0.454. The summed E-state index contributed by atoms with van der Waals surface area (Å²) in [5.74, 6) is 0. The van der Waals surface area contributed by atoms with Crippen molar-refractivity contribution in [2.45, 2.75) is 32.3 Å². The molecule has 0 bridgehead atoms. The van der Waals surface area contributed by atoms with E-state index in [9.17, 15) is 5.11 Å². The summed E-state index contributed by atoms with van der Waals surface area (Å²) in [6, 6.07) is 14.9. The van der Waals surface area contributed by atoms with Gasteiger partial charge in [0.2, 0.25) is 0 Å². The van der Waals surface area contributed by atoms with E-state index in [1.54, 1.807) is 6.92 Å². The Morgan fingerprint density at radius 2 is 1.95 bits per heavy atom. The Labute approximate surface area is 134 Å². The second-order valence-electron chi connectivity index (χ2n) is 5.62. The summed E-state index contributed by atoms with van der Waals surface area (Å²) < 4.78 is 0.969. The molecule has 0 amide bonds. The maximum Gasteiger partial charge on any atom is 0.0772 e. The van der Waals surface area contributed by atoms with Crippen LogP contribution in [0, 0.1) is 0 Å². The molecule has 21 heavy (non-hydrogen) atoms. The van der Waals surface area contributed by atoms with Gasteiger partial charge in [0.25, 0.3) is 0 Å². The van der Waals surface area contributed by atoms with Gasteiger partial charge in [0.1, 0.15) is 0 Å². The number of halogens is 1. The van der Waals surface area contributed by atoms with Crippen molar-refractivity contribution < 1.29 is 5.11 Å². The van der Waals surface area contributed by atoms with Crippen molar-refractivity contribution in [2.24, 2.45) is 0 Å². The standard InChI is InChI=1S/C18H20BrNO/c1-13(21)16-10-9-15(12-17(16)19)20-11-5-4-7-14-6-2-3-8-18(14)20/h2-3,6,8-10,12-13,21H,4-5,7,11H2,1H3/t13-/m0/s1. The van der Waals surface area contributed by atoms with Gasteiger partial charge in [-0.05, 0) is 55.5 Å². The SMILES string of the molecule is C[C@H](O)c1ccc(N2CCCCc3ccccc32)cc1Br. The van der Waals surface area contributed by atoms with Crippen LogP contribution in [0.1, 0.15) is 37.0 Å². The highest BCUT2D eigenvalue weighted by molar-refractivity contribution is 9.10. The van der Waals surface area contributed by atoms with E-state index in [-0.39, 0.29) is 0 Å². The van der Waals surface area contributed by atoms with E-state index in [4.69, 9.17) is 0 Å². The zero-order valence-electron chi connectivity index (χ0n) is 12.2. The monoisotopic (exact) mass is 345 g/mol. The van der Waals surface area contributed by atoms with Gasteiger partial charge in [-0.2, -0.15) is 0 Å². The molecule has 3 rings (SSSR count). The predicted molar refractivity (Wildman–Crippen MR) is 91.2 cm³/mol. The summed E-state index contributed by atoms with van der Waals surface area (Å²) in [6.07, 6.45) is 3.13. The van der Waals surface area contributed by atoms with E-state index >= 15 is 0 Å². The average molecular weight is 346 g/mol. The molecule has 0 saturated heterocycles. The number of para-hydroxylation sites is 1. The lowest BCUT2D eigenvalue weighted by Gasteiger charge is -2.26. The summed E-state index contributed by atoms with van der Waals surface area (Å²) in [6.45, 7) is 2.83. The fourth-order valence-corrected chi connectivity index (χ4v) is 3.68. The van der Waals surface area contributed by atoms with Gasteiger partial charge in [0, 0.05) is 22.4 Å². The second kappa shape index (κ2) is 6.20. The van der Waals surface area contributed by atoms with Crippen molar-refractivity contribution in [3.63, 3.8) is 0 Å². The van der Waals surface area contributed by atoms with Gasteiger partial charge < -0.3 is 10.0 Å². The zero-order chi connectivity index (χ0) is 14.8. The van der Waals surface area contributed by atoms with E-state index in [1.165, 1.54) is 29.8 Å². The number of aliphatic hydroxyl groups excluding tert-OH is 1. The number of hydrogen-bond acceptors (Lipinski definition) is 2. The van der Waals surface area contributed by atoms with E-state index in [0.29, 0.717) is 0 Å². The highest BCUT2D eigenvalue weighted by atomic mass is 79.9. The van der Waals surface area contributed by atoms with Crippen molar-refractivity contribution in [3.05, 3.63) is 58.1 Å². The molecule has 0 unspecified atom stereocenters. The van der Waals surface area contributed by atoms with Crippen LogP contribution in [0.4, 0.5) is 11.4 Å². The van der Waals surface area contributed by atoms with E-state index in [0.717, 1.165) is 23.0 Å². The van der Waals surface area contributed by atoms with Gasteiger partial charge in [0.15, 0.2) is 0 Å². The molecule has 2 nitrogen and oxygen atoms in total. The molecule has 1 aliphatic rings. The maximum atomic E-state index is 9.76. The third kappa shape index (κ3) is 2.99. The van der Waals surface area contributed by atoms with Gasteiger partial charge in [-0.25, -0.2) is 0 Å². The van der Waals surface area contributed by atoms with Crippen LogP contribution in [0.25, 0.3) is 0 Å². The Balaban J connectivity index is 2.02. The van der Waals surface area contributed by atoms with Crippen LogP contribution in [-0.2, 0) is 6.42 Å². The predicted octanol–water partition coefficient (Wildman–Crippen LogP) is 4.98. The summed E-state index contributed by atoms with van der Waals surface area (Å²) in [7, 11) is 0. The number of aryl methyl sites for hydroxylation is 1. The number of fused-ring (bicyclic) bond motifs is 1. The molecular formula is C18H20BrNO. The van der Waals surface area contributed by atoms with Crippen LogP contribution >= 0.6 is 15.9 Å². The van der Waals surface area contributed by atoms with Crippen LogP contribution in [0.2, 0.25) is 0 Å². The van der Waals surface area contributed by atoms with Crippen molar-refractivity contribution >= 4 is 27.3 Å². The van der Waals surface area contributed by atoms with Crippen molar-refractivity contribution in [3.8, 4) is 0 Å². The lowest BCUT2D eigenvalue weighted by atomic mass is 10.1. The average Bonchev–Trinajstić information content (AvgIpc) is 2.69. The lowest BCUT2D eigenvalue weighted by molar-refractivity contribution is 0.198. The third-order valence-electron chi connectivity index (χ3n) is 4.11. The first-order valence-corrected chi connectivity index (χ1v) is 8.29. The third-order valence-corrected chi connectivity index (χ3v) is 4.79. The number of nitrogens with zero attached hydrogens (tertiary/aromatic N) is 1. The normalized spacial score (nSPS) is 16.2.